The van der Waals surface area contributed by atoms with E-state index in [1.54, 1.807) is 30.3 Å². The van der Waals surface area contributed by atoms with Gasteiger partial charge in [-0.05, 0) is 30.3 Å². The number of nitrogens with zero attached hydrogens (tertiary/aromatic N) is 1. The molecular formula is C20H12N2O6. The summed E-state index contributed by atoms with van der Waals surface area (Å²) in [5, 5.41) is 34.2. The number of hydrogen-bond donors (Lipinski definition) is 3. The number of fused-ring (bicyclic) bond motifs is 2. The van der Waals surface area contributed by atoms with Crippen LogP contribution in [0.15, 0.2) is 54.6 Å². The van der Waals surface area contributed by atoms with Crippen molar-refractivity contribution in [2.24, 2.45) is 0 Å². The van der Waals surface area contributed by atoms with Crippen molar-refractivity contribution in [3.05, 3.63) is 87.0 Å². The Balaban J connectivity index is 1.95. The molecule has 0 atom stereocenters. The Labute approximate surface area is 157 Å². The Kier molecular flexibility index (Phi) is 3.82. The van der Waals surface area contributed by atoms with Crippen molar-refractivity contribution in [3.8, 4) is 11.5 Å². The fraction of sp³-hybridized carbons (Fsp3) is 0. The molecule has 8 heteroatoms. The number of carbonyl (C=O) groups is 2. The van der Waals surface area contributed by atoms with E-state index >= 15 is 0 Å². The average Bonchev–Trinajstić information content (AvgIpc) is 2.66. The molecule has 0 aromatic heterocycles. The number of carbonyl (C=O) groups excluding carboxylic acids is 2. The SMILES string of the molecule is O=C1c2ccc(O)c([N+](=O)[O-])c2C(=O)c2cc(O)cc(Nc3ccccc3)c21. The van der Waals surface area contributed by atoms with Crippen LogP contribution >= 0.6 is 0 Å². The maximum atomic E-state index is 13.1. The van der Waals surface area contributed by atoms with Gasteiger partial charge in [0.15, 0.2) is 11.5 Å². The first-order valence-electron chi connectivity index (χ1n) is 8.17. The molecule has 0 radical (unpaired) electrons. The quantitative estimate of drug-likeness (QED) is 0.368. The van der Waals surface area contributed by atoms with Crippen LogP contribution in [-0.4, -0.2) is 26.7 Å². The highest BCUT2D eigenvalue weighted by Crippen LogP contribution is 2.41. The molecule has 3 aromatic carbocycles. The topological polar surface area (TPSA) is 130 Å². The first-order valence-corrected chi connectivity index (χ1v) is 8.17. The first-order chi connectivity index (χ1) is 13.4. The van der Waals surface area contributed by atoms with Crippen molar-refractivity contribution in [2.45, 2.75) is 0 Å². The zero-order valence-corrected chi connectivity index (χ0v) is 14.2. The number of para-hydroxylation sites is 1. The zero-order chi connectivity index (χ0) is 20.0. The van der Waals surface area contributed by atoms with Crippen LogP contribution in [0.25, 0.3) is 0 Å². The van der Waals surface area contributed by atoms with E-state index in [4.69, 9.17) is 0 Å². The van der Waals surface area contributed by atoms with Crippen LogP contribution in [0.4, 0.5) is 17.1 Å². The van der Waals surface area contributed by atoms with Gasteiger partial charge in [-0.15, -0.1) is 0 Å². The second-order valence-electron chi connectivity index (χ2n) is 6.18. The monoisotopic (exact) mass is 376 g/mol. The predicted molar refractivity (Wildman–Crippen MR) is 99.5 cm³/mol. The maximum absolute atomic E-state index is 13.1. The first kappa shape index (κ1) is 17.2. The molecule has 28 heavy (non-hydrogen) atoms. The largest absolute Gasteiger partial charge is 0.508 e. The van der Waals surface area contributed by atoms with E-state index in [0.717, 1.165) is 12.1 Å². The number of nitro benzene ring substituents is 1. The summed E-state index contributed by atoms with van der Waals surface area (Å²) >= 11 is 0. The number of ketones is 2. The van der Waals surface area contributed by atoms with Gasteiger partial charge >= 0.3 is 5.69 Å². The molecule has 0 saturated carbocycles. The fourth-order valence-electron chi connectivity index (χ4n) is 3.28. The summed E-state index contributed by atoms with van der Waals surface area (Å²) in [6.45, 7) is 0. The minimum atomic E-state index is -0.906. The third-order valence-electron chi connectivity index (χ3n) is 4.46. The molecule has 3 aromatic rings. The molecular weight excluding hydrogens is 364 g/mol. The van der Waals surface area contributed by atoms with Crippen LogP contribution < -0.4 is 5.32 Å². The lowest BCUT2D eigenvalue weighted by atomic mass is 9.82. The molecule has 138 valence electrons. The molecule has 0 aliphatic heterocycles. The zero-order valence-electron chi connectivity index (χ0n) is 14.2. The Morgan fingerprint density at radius 1 is 0.857 bits per heavy atom. The van der Waals surface area contributed by atoms with Gasteiger partial charge in [0.05, 0.1) is 16.2 Å². The molecule has 0 amide bonds. The molecule has 0 saturated heterocycles. The van der Waals surface area contributed by atoms with E-state index in [1.165, 1.54) is 12.1 Å². The van der Waals surface area contributed by atoms with E-state index in [-0.39, 0.29) is 28.1 Å². The number of nitro groups is 1. The second kappa shape index (κ2) is 6.20. The van der Waals surface area contributed by atoms with Crippen molar-refractivity contribution >= 4 is 28.6 Å². The van der Waals surface area contributed by atoms with Gasteiger partial charge in [0.2, 0.25) is 5.78 Å². The summed E-state index contributed by atoms with van der Waals surface area (Å²) in [5.41, 5.74) is -0.854. The van der Waals surface area contributed by atoms with Gasteiger partial charge in [0, 0.05) is 22.9 Å². The Bertz CT molecular complexity index is 1170. The molecule has 0 unspecified atom stereocenters. The van der Waals surface area contributed by atoms with Crippen LogP contribution in [0, 0.1) is 10.1 Å². The summed E-state index contributed by atoms with van der Waals surface area (Å²) < 4.78 is 0. The minimum Gasteiger partial charge on any atom is -0.508 e. The molecule has 1 aliphatic rings. The summed E-state index contributed by atoms with van der Waals surface area (Å²) in [4.78, 5) is 36.5. The third-order valence-corrected chi connectivity index (χ3v) is 4.46. The normalized spacial score (nSPS) is 12.3. The number of nitrogens with one attached hydrogen (secondary N) is 1. The lowest BCUT2D eigenvalue weighted by Crippen LogP contribution is -2.23. The van der Waals surface area contributed by atoms with Gasteiger partial charge in [-0.3, -0.25) is 19.7 Å². The Hall–Kier alpha value is -4.20. The highest BCUT2D eigenvalue weighted by Gasteiger charge is 2.39. The molecule has 0 spiro atoms. The molecule has 4 rings (SSSR count). The Morgan fingerprint density at radius 2 is 1.54 bits per heavy atom. The summed E-state index contributed by atoms with van der Waals surface area (Å²) in [7, 11) is 0. The van der Waals surface area contributed by atoms with E-state index < -0.39 is 33.5 Å². The van der Waals surface area contributed by atoms with Crippen molar-refractivity contribution in [1.29, 1.82) is 0 Å². The molecule has 8 nitrogen and oxygen atoms in total. The van der Waals surface area contributed by atoms with Crippen molar-refractivity contribution in [3.63, 3.8) is 0 Å². The van der Waals surface area contributed by atoms with Crippen molar-refractivity contribution < 1.29 is 24.7 Å². The van der Waals surface area contributed by atoms with Crippen molar-refractivity contribution in [1.82, 2.24) is 0 Å². The fourth-order valence-corrected chi connectivity index (χ4v) is 3.28. The van der Waals surface area contributed by atoms with Crippen molar-refractivity contribution in [2.75, 3.05) is 5.32 Å². The van der Waals surface area contributed by atoms with Gasteiger partial charge in [-0.1, -0.05) is 18.2 Å². The smallest absolute Gasteiger partial charge is 0.322 e. The molecule has 0 fully saturated rings. The molecule has 0 heterocycles. The van der Waals surface area contributed by atoms with Gasteiger partial charge in [-0.2, -0.15) is 0 Å². The highest BCUT2D eigenvalue weighted by molar-refractivity contribution is 6.32. The van der Waals surface area contributed by atoms with Crippen LogP contribution in [0.1, 0.15) is 31.8 Å². The maximum Gasteiger partial charge on any atom is 0.322 e. The lowest BCUT2D eigenvalue weighted by Gasteiger charge is -2.21. The van der Waals surface area contributed by atoms with E-state index in [1.807, 2.05) is 0 Å². The van der Waals surface area contributed by atoms with E-state index in [0.29, 0.717) is 5.69 Å². The number of anilines is 2. The average molecular weight is 376 g/mol. The number of aromatic hydroxyl groups is 2. The molecule has 3 N–H and O–H groups in total. The molecule has 1 aliphatic carbocycles. The van der Waals surface area contributed by atoms with Crippen LogP contribution in [0.3, 0.4) is 0 Å². The van der Waals surface area contributed by atoms with Crippen LogP contribution in [0.5, 0.6) is 11.5 Å². The predicted octanol–water partition coefficient (Wildman–Crippen LogP) is 3.53. The summed E-state index contributed by atoms with van der Waals surface area (Å²) in [6, 6.07) is 13.4. The van der Waals surface area contributed by atoms with Gasteiger partial charge in [0.25, 0.3) is 0 Å². The van der Waals surface area contributed by atoms with Gasteiger partial charge in [-0.25, -0.2) is 0 Å². The lowest BCUT2D eigenvalue weighted by molar-refractivity contribution is -0.386. The number of rotatable bonds is 3. The summed E-state index contributed by atoms with van der Waals surface area (Å²) in [5.74, 6) is -2.44. The van der Waals surface area contributed by atoms with Gasteiger partial charge in [0.1, 0.15) is 11.3 Å². The van der Waals surface area contributed by atoms with Crippen LogP contribution in [0.2, 0.25) is 0 Å². The summed E-state index contributed by atoms with van der Waals surface area (Å²) in [6.07, 6.45) is 0. The molecule has 0 bridgehead atoms. The number of phenols is 2. The van der Waals surface area contributed by atoms with Gasteiger partial charge < -0.3 is 15.5 Å². The highest BCUT2D eigenvalue weighted by atomic mass is 16.6. The van der Waals surface area contributed by atoms with E-state index in [9.17, 15) is 29.9 Å². The van der Waals surface area contributed by atoms with E-state index in [2.05, 4.69) is 5.32 Å². The van der Waals surface area contributed by atoms with Crippen LogP contribution in [-0.2, 0) is 0 Å². The number of phenolic OH excluding ortho intramolecular Hbond substituents is 2. The number of benzene rings is 3. The minimum absolute atomic E-state index is 0.000796. The Morgan fingerprint density at radius 3 is 2.21 bits per heavy atom. The third kappa shape index (κ3) is 2.55. The second-order valence-corrected chi connectivity index (χ2v) is 6.18. The number of hydrogen-bond acceptors (Lipinski definition) is 7. The standard InChI is InChI=1S/C20H12N2O6/c23-11-8-13-16(14(9-11)21-10-4-2-1-3-5-10)19(25)12-6-7-15(24)18(22(27)28)17(12)20(13)26/h1-9,21,23-24H.